The summed E-state index contributed by atoms with van der Waals surface area (Å²) < 4.78 is 0. The number of nitrogens with one attached hydrogen (secondary N) is 1. The van der Waals surface area contributed by atoms with Crippen molar-refractivity contribution in [3.05, 3.63) is 57.9 Å². The van der Waals surface area contributed by atoms with E-state index in [1.54, 1.807) is 0 Å². The van der Waals surface area contributed by atoms with Crippen molar-refractivity contribution in [2.75, 3.05) is 11.9 Å². The monoisotopic (exact) mass is 370 g/mol. The molecule has 0 aliphatic heterocycles. The van der Waals surface area contributed by atoms with Crippen molar-refractivity contribution in [3.8, 4) is 0 Å². The number of hydrogen-bond donors (Lipinski definition) is 1. The fourth-order valence-corrected chi connectivity index (χ4v) is 3.79. The van der Waals surface area contributed by atoms with Crippen molar-refractivity contribution in [2.24, 2.45) is 0 Å². The lowest BCUT2D eigenvalue weighted by molar-refractivity contribution is -0.387. The second-order valence-electron chi connectivity index (χ2n) is 6.33. The third-order valence-electron chi connectivity index (χ3n) is 4.33. The van der Waals surface area contributed by atoms with Gasteiger partial charge in [-0.05, 0) is 51.2 Å². The Bertz CT molecular complexity index is 806. The van der Waals surface area contributed by atoms with Gasteiger partial charge in [-0.3, -0.25) is 10.1 Å². The smallest absolute Gasteiger partial charge is 0.343 e. The molecule has 0 saturated heterocycles. The largest absolute Gasteiger partial charge is 0.364 e. The van der Waals surface area contributed by atoms with Crippen LogP contribution < -0.4 is 5.32 Å². The van der Waals surface area contributed by atoms with Gasteiger partial charge < -0.3 is 5.32 Å². The number of nitrogens with zero attached hydrogens (tertiary/aromatic N) is 3. The number of allylic oxidation sites excluding steroid dienone is 1. The highest BCUT2D eigenvalue weighted by Crippen LogP contribution is 2.36. The van der Waals surface area contributed by atoms with Gasteiger partial charge in [0.15, 0.2) is 5.03 Å². The molecule has 26 heavy (non-hydrogen) atoms. The van der Waals surface area contributed by atoms with Crippen molar-refractivity contribution in [3.63, 3.8) is 0 Å². The molecule has 1 aromatic heterocycles. The number of rotatable bonds is 7. The molecule has 0 radical (unpaired) electrons. The molecule has 0 saturated carbocycles. The average molecular weight is 370 g/mol. The van der Waals surface area contributed by atoms with Gasteiger partial charge in [0.25, 0.3) is 0 Å². The van der Waals surface area contributed by atoms with Gasteiger partial charge in [0, 0.05) is 11.4 Å². The minimum absolute atomic E-state index is 0.0595. The minimum Gasteiger partial charge on any atom is -0.364 e. The Morgan fingerprint density at radius 2 is 2.04 bits per heavy atom. The molecule has 0 amide bonds. The summed E-state index contributed by atoms with van der Waals surface area (Å²) in [5, 5.41) is 15.1. The van der Waals surface area contributed by atoms with E-state index < -0.39 is 4.92 Å². The molecular formula is C19H22N4O2S. The molecule has 1 heterocycles. The number of hydrogen-bond acceptors (Lipinski definition) is 6. The topological polar surface area (TPSA) is 81.0 Å². The van der Waals surface area contributed by atoms with Crippen LogP contribution in [0.1, 0.15) is 37.7 Å². The summed E-state index contributed by atoms with van der Waals surface area (Å²) >= 11 is 1.28. The van der Waals surface area contributed by atoms with Gasteiger partial charge in [-0.2, -0.15) is 0 Å². The molecule has 7 heteroatoms. The SMILES string of the molecule is Cc1ccc(Sc2ncnc(NCCC3=CCCCC3)c2[N+](=O)[O-])cc1. The Balaban J connectivity index is 1.73. The summed E-state index contributed by atoms with van der Waals surface area (Å²) in [5.74, 6) is 0.288. The highest BCUT2D eigenvalue weighted by Gasteiger charge is 2.23. The maximum Gasteiger partial charge on any atom is 0.343 e. The molecule has 2 aromatic rings. The molecule has 6 nitrogen and oxygen atoms in total. The summed E-state index contributed by atoms with van der Waals surface area (Å²) in [6.45, 7) is 2.64. The van der Waals surface area contributed by atoms with Crippen molar-refractivity contribution in [1.82, 2.24) is 9.97 Å². The molecule has 3 rings (SSSR count). The fourth-order valence-electron chi connectivity index (χ4n) is 2.92. The summed E-state index contributed by atoms with van der Waals surface area (Å²) in [6, 6.07) is 7.84. The Morgan fingerprint density at radius 1 is 1.23 bits per heavy atom. The predicted molar refractivity (Wildman–Crippen MR) is 104 cm³/mol. The first-order chi connectivity index (χ1) is 12.6. The van der Waals surface area contributed by atoms with E-state index in [1.807, 2.05) is 31.2 Å². The number of aryl methyl sites for hydroxylation is 1. The Labute approximate surface area is 157 Å². The second-order valence-corrected chi connectivity index (χ2v) is 7.40. The second kappa shape index (κ2) is 8.80. The summed E-state index contributed by atoms with van der Waals surface area (Å²) in [4.78, 5) is 20.4. The normalized spacial score (nSPS) is 14.0. The Kier molecular flexibility index (Phi) is 6.22. The Morgan fingerprint density at radius 3 is 2.73 bits per heavy atom. The molecule has 0 bridgehead atoms. The van der Waals surface area contributed by atoms with Crippen LogP contribution in [0.25, 0.3) is 0 Å². The van der Waals surface area contributed by atoms with Gasteiger partial charge in [-0.25, -0.2) is 9.97 Å². The molecule has 0 spiro atoms. The third-order valence-corrected chi connectivity index (χ3v) is 5.33. The van der Waals surface area contributed by atoms with Gasteiger partial charge in [0.2, 0.25) is 5.82 Å². The van der Waals surface area contributed by atoms with Crippen LogP contribution in [0.2, 0.25) is 0 Å². The zero-order valence-corrected chi connectivity index (χ0v) is 15.6. The highest BCUT2D eigenvalue weighted by atomic mass is 32.2. The number of nitro groups is 1. The van der Waals surface area contributed by atoms with Crippen molar-refractivity contribution < 1.29 is 4.92 Å². The van der Waals surface area contributed by atoms with E-state index in [9.17, 15) is 10.1 Å². The lowest BCUT2D eigenvalue weighted by Gasteiger charge is -2.13. The number of aromatic nitrogens is 2. The van der Waals surface area contributed by atoms with Crippen LogP contribution >= 0.6 is 11.8 Å². The van der Waals surface area contributed by atoms with E-state index in [0.717, 1.165) is 29.7 Å². The van der Waals surface area contributed by atoms with Crippen LogP contribution in [-0.2, 0) is 0 Å². The van der Waals surface area contributed by atoms with E-state index in [2.05, 4.69) is 21.4 Å². The first-order valence-electron chi connectivity index (χ1n) is 8.79. The maximum atomic E-state index is 11.6. The minimum atomic E-state index is -0.404. The van der Waals surface area contributed by atoms with Gasteiger partial charge in [0.05, 0.1) is 4.92 Å². The van der Waals surface area contributed by atoms with Crippen LogP contribution in [0.3, 0.4) is 0 Å². The fraction of sp³-hybridized carbons (Fsp3) is 0.368. The zero-order valence-electron chi connectivity index (χ0n) is 14.8. The quantitative estimate of drug-likeness (QED) is 0.314. The van der Waals surface area contributed by atoms with Gasteiger partial charge >= 0.3 is 5.69 Å². The van der Waals surface area contributed by atoms with Crippen molar-refractivity contribution in [1.29, 1.82) is 0 Å². The summed E-state index contributed by atoms with van der Waals surface area (Å²) in [6.07, 6.45) is 9.32. The lowest BCUT2D eigenvalue weighted by atomic mass is 9.97. The molecule has 1 aromatic carbocycles. The van der Waals surface area contributed by atoms with Crippen molar-refractivity contribution in [2.45, 2.75) is 48.9 Å². The first-order valence-corrected chi connectivity index (χ1v) is 9.61. The third kappa shape index (κ3) is 4.82. The van der Waals surface area contributed by atoms with Crippen LogP contribution in [-0.4, -0.2) is 21.4 Å². The van der Waals surface area contributed by atoms with E-state index in [1.165, 1.54) is 36.5 Å². The predicted octanol–water partition coefficient (Wildman–Crippen LogP) is 5.15. The van der Waals surface area contributed by atoms with Crippen LogP contribution in [0.4, 0.5) is 11.5 Å². The molecule has 0 unspecified atom stereocenters. The van der Waals surface area contributed by atoms with Crippen LogP contribution in [0.5, 0.6) is 0 Å². The highest BCUT2D eigenvalue weighted by molar-refractivity contribution is 7.99. The van der Waals surface area contributed by atoms with Gasteiger partial charge in [-0.15, -0.1) is 0 Å². The van der Waals surface area contributed by atoms with Crippen LogP contribution in [0.15, 0.2) is 52.2 Å². The molecule has 1 aliphatic rings. The molecule has 0 fully saturated rings. The van der Waals surface area contributed by atoms with Crippen LogP contribution in [0, 0.1) is 17.0 Å². The van der Waals surface area contributed by atoms with Gasteiger partial charge in [0.1, 0.15) is 6.33 Å². The molecular weight excluding hydrogens is 348 g/mol. The Hall–Kier alpha value is -2.41. The van der Waals surface area contributed by atoms with E-state index in [-0.39, 0.29) is 11.5 Å². The first kappa shape index (κ1) is 18.4. The van der Waals surface area contributed by atoms with E-state index >= 15 is 0 Å². The summed E-state index contributed by atoms with van der Waals surface area (Å²) in [5.41, 5.74) is 2.51. The van der Waals surface area contributed by atoms with Crippen molar-refractivity contribution >= 4 is 23.3 Å². The maximum absolute atomic E-state index is 11.6. The molecule has 136 valence electrons. The van der Waals surface area contributed by atoms with E-state index in [4.69, 9.17) is 0 Å². The van der Waals surface area contributed by atoms with E-state index in [0.29, 0.717) is 11.6 Å². The number of anilines is 1. The lowest BCUT2D eigenvalue weighted by Crippen LogP contribution is -2.09. The molecule has 1 aliphatic carbocycles. The van der Waals surface area contributed by atoms with Gasteiger partial charge in [-0.1, -0.05) is 41.1 Å². The zero-order chi connectivity index (χ0) is 18.4. The summed E-state index contributed by atoms with van der Waals surface area (Å²) in [7, 11) is 0. The molecule has 0 atom stereocenters. The average Bonchev–Trinajstić information content (AvgIpc) is 2.64. The number of benzene rings is 1. The molecule has 1 N–H and O–H groups in total. The standard InChI is InChI=1S/C19H22N4O2S/c1-14-7-9-16(10-8-14)26-19-17(23(24)25)18(21-13-22-19)20-12-11-15-5-3-2-4-6-15/h5,7-10,13H,2-4,6,11-12H2,1H3,(H,20,21,22).